The highest BCUT2D eigenvalue weighted by atomic mass is 16.2. The molecule has 1 rings (SSSR count). The van der Waals surface area contributed by atoms with Crippen molar-refractivity contribution in [2.45, 2.75) is 32.7 Å². The van der Waals surface area contributed by atoms with Crippen LogP contribution in [0.2, 0.25) is 0 Å². The number of hydrogen-bond donors (Lipinski definition) is 1. The topological polar surface area (TPSA) is 49.4 Å². The summed E-state index contributed by atoms with van der Waals surface area (Å²) in [5.74, 6) is -0.181. The Kier molecular flexibility index (Phi) is 2.12. The van der Waals surface area contributed by atoms with Crippen LogP contribution in [0.4, 0.5) is 0 Å². The second kappa shape index (κ2) is 2.90. The van der Waals surface area contributed by atoms with E-state index in [1.165, 1.54) is 11.9 Å². The zero-order valence-electron chi connectivity index (χ0n) is 6.76. The van der Waals surface area contributed by atoms with Crippen LogP contribution in [0.1, 0.15) is 26.7 Å². The number of carbonyl (C=O) groups is 2. The van der Waals surface area contributed by atoms with Gasteiger partial charge in [-0.2, -0.15) is 0 Å². The molecule has 0 saturated carbocycles. The summed E-state index contributed by atoms with van der Waals surface area (Å²) in [6.07, 6.45) is 1.38. The number of nitrogens with one attached hydrogen (secondary N) is 1. The van der Waals surface area contributed by atoms with Crippen molar-refractivity contribution in [3.8, 4) is 0 Å². The van der Waals surface area contributed by atoms with Crippen LogP contribution in [0.25, 0.3) is 0 Å². The molecule has 0 bridgehead atoms. The lowest BCUT2D eigenvalue weighted by molar-refractivity contribution is -0.138. The lowest BCUT2D eigenvalue weighted by Crippen LogP contribution is -2.45. The lowest BCUT2D eigenvalue weighted by Gasteiger charge is -2.20. The fourth-order valence-corrected chi connectivity index (χ4v) is 1.17. The maximum Gasteiger partial charge on any atom is 0.241 e. The van der Waals surface area contributed by atoms with Crippen molar-refractivity contribution in [1.82, 2.24) is 10.4 Å². The standard InChI is InChI=1S/C7H12N2O2/c1-5-3-4-7(11)9(5)8-6(2)10/h5H,3-4H2,1-2H3,(H,8,10). The lowest BCUT2D eigenvalue weighted by atomic mass is 10.3. The van der Waals surface area contributed by atoms with E-state index in [0.29, 0.717) is 6.42 Å². The molecule has 0 radical (unpaired) electrons. The first-order valence-electron chi connectivity index (χ1n) is 3.70. The fraction of sp³-hybridized carbons (Fsp3) is 0.714. The van der Waals surface area contributed by atoms with Crippen LogP contribution in [0.15, 0.2) is 0 Å². The Balaban J connectivity index is 2.54. The van der Waals surface area contributed by atoms with Crippen LogP contribution in [0.3, 0.4) is 0 Å². The van der Waals surface area contributed by atoms with E-state index in [0.717, 1.165) is 6.42 Å². The predicted molar refractivity (Wildman–Crippen MR) is 39.4 cm³/mol. The minimum atomic E-state index is -0.188. The van der Waals surface area contributed by atoms with Crippen molar-refractivity contribution in [2.24, 2.45) is 0 Å². The molecule has 4 nitrogen and oxygen atoms in total. The summed E-state index contributed by atoms with van der Waals surface area (Å²) in [7, 11) is 0. The molecule has 0 aromatic heterocycles. The van der Waals surface area contributed by atoms with Crippen molar-refractivity contribution < 1.29 is 9.59 Å². The van der Waals surface area contributed by atoms with Gasteiger partial charge in [-0.05, 0) is 13.3 Å². The van der Waals surface area contributed by atoms with Gasteiger partial charge in [-0.15, -0.1) is 0 Å². The molecule has 1 heterocycles. The first-order chi connectivity index (χ1) is 5.11. The normalized spacial score (nSPS) is 24.0. The molecular formula is C7H12N2O2. The van der Waals surface area contributed by atoms with E-state index >= 15 is 0 Å². The van der Waals surface area contributed by atoms with E-state index in [1.807, 2.05) is 6.92 Å². The van der Waals surface area contributed by atoms with Crippen molar-refractivity contribution in [2.75, 3.05) is 0 Å². The van der Waals surface area contributed by atoms with E-state index < -0.39 is 0 Å². The molecule has 2 amide bonds. The highest BCUT2D eigenvalue weighted by Crippen LogP contribution is 2.14. The van der Waals surface area contributed by atoms with Crippen LogP contribution in [-0.2, 0) is 9.59 Å². The number of hydrogen-bond acceptors (Lipinski definition) is 2. The largest absolute Gasteiger partial charge is 0.274 e. The average molecular weight is 156 g/mol. The molecule has 0 spiro atoms. The van der Waals surface area contributed by atoms with E-state index in [9.17, 15) is 9.59 Å². The molecule has 0 aromatic carbocycles. The second-order valence-electron chi connectivity index (χ2n) is 2.82. The zero-order valence-corrected chi connectivity index (χ0v) is 6.76. The van der Waals surface area contributed by atoms with Crippen molar-refractivity contribution in [3.63, 3.8) is 0 Å². The van der Waals surface area contributed by atoms with Gasteiger partial charge in [0, 0.05) is 13.3 Å². The summed E-state index contributed by atoms with van der Waals surface area (Å²) >= 11 is 0. The summed E-state index contributed by atoms with van der Waals surface area (Å²) < 4.78 is 0. The molecule has 1 unspecified atom stereocenters. The van der Waals surface area contributed by atoms with Gasteiger partial charge in [0.1, 0.15) is 0 Å². The average Bonchev–Trinajstić information content (AvgIpc) is 2.18. The third-order valence-electron chi connectivity index (χ3n) is 1.76. The van der Waals surface area contributed by atoms with Gasteiger partial charge in [-0.1, -0.05) is 0 Å². The minimum absolute atomic E-state index is 0.00713. The molecule has 1 saturated heterocycles. The van der Waals surface area contributed by atoms with E-state index in [1.54, 1.807) is 0 Å². The molecule has 1 fully saturated rings. The van der Waals surface area contributed by atoms with Gasteiger partial charge in [-0.3, -0.25) is 20.0 Å². The van der Waals surface area contributed by atoms with Crippen LogP contribution >= 0.6 is 0 Å². The molecule has 0 aromatic rings. The van der Waals surface area contributed by atoms with Gasteiger partial charge in [-0.25, -0.2) is 0 Å². The van der Waals surface area contributed by atoms with Gasteiger partial charge in [0.2, 0.25) is 11.8 Å². The van der Waals surface area contributed by atoms with Gasteiger partial charge >= 0.3 is 0 Å². The molecular weight excluding hydrogens is 144 g/mol. The number of amides is 2. The Bertz CT molecular complexity index is 191. The molecule has 62 valence electrons. The summed E-state index contributed by atoms with van der Waals surface area (Å²) in [6.45, 7) is 3.32. The smallest absolute Gasteiger partial charge is 0.241 e. The van der Waals surface area contributed by atoms with E-state index in [-0.39, 0.29) is 17.9 Å². The number of rotatable bonds is 1. The van der Waals surface area contributed by atoms with Crippen molar-refractivity contribution in [1.29, 1.82) is 0 Å². The van der Waals surface area contributed by atoms with Gasteiger partial charge in [0.25, 0.3) is 0 Å². The van der Waals surface area contributed by atoms with Crippen LogP contribution < -0.4 is 5.43 Å². The number of carbonyl (C=O) groups excluding carboxylic acids is 2. The van der Waals surface area contributed by atoms with Gasteiger partial charge in [0.05, 0.1) is 6.04 Å². The minimum Gasteiger partial charge on any atom is -0.274 e. The molecule has 1 N–H and O–H groups in total. The quantitative estimate of drug-likeness (QED) is 0.583. The predicted octanol–water partition coefficient (Wildman–Crippen LogP) is 0.0484. The first-order valence-corrected chi connectivity index (χ1v) is 3.70. The van der Waals surface area contributed by atoms with E-state index in [2.05, 4.69) is 5.43 Å². The Hall–Kier alpha value is -1.06. The Morgan fingerprint density at radius 2 is 2.36 bits per heavy atom. The van der Waals surface area contributed by atoms with Crippen LogP contribution in [0.5, 0.6) is 0 Å². The summed E-state index contributed by atoms with van der Waals surface area (Å²) in [5.41, 5.74) is 2.49. The number of hydrazine groups is 1. The maximum atomic E-state index is 11.0. The Morgan fingerprint density at radius 1 is 1.73 bits per heavy atom. The van der Waals surface area contributed by atoms with Crippen LogP contribution in [-0.4, -0.2) is 22.9 Å². The molecule has 1 aliphatic heterocycles. The Labute approximate surface area is 65.5 Å². The van der Waals surface area contributed by atoms with Gasteiger partial charge in [0.15, 0.2) is 0 Å². The third-order valence-corrected chi connectivity index (χ3v) is 1.76. The molecule has 4 heteroatoms. The SMILES string of the molecule is CC(=O)NN1C(=O)CCC1C. The second-order valence-corrected chi connectivity index (χ2v) is 2.82. The van der Waals surface area contributed by atoms with Gasteiger partial charge < -0.3 is 0 Å². The van der Waals surface area contributed by atoms with Crippen molar-refractivity contribution >= 4 is 11.8 Å². The number of nitrogens with zero attached hydrogens (tertiary/aromatic N) is 1. The molecule has 1 aliphatic rings. The summed E-state index contributed by atoms with van der Waals surface area (Å²) in [6, 6.07) is 0.145. The third kappa shape index (κ3) is 1.69. The van der Waals surface area contributed by atoms with Crippen LogP contribution in [0, 0.1) is 0 Å². The molecule has 11 heavy (non-hydrogen) atoms. The zero-order chi connectivity index (χ0) is 8.43. The molecule has 0 aliphatic carbocycles. The van der Waals surface area contributed by atoms with Crippen molar-refractivity contribution in [3.05, 3.63) is 0 Å². The Morgan fingerprint density at radius 3 is 2.73 bits per heavy atom. The highest BCUT2D eigenvalue weighted by molar-refractivity contribution is 5.82. The van der Waals surface area contributed by atoms with E-state index in [4.69, 9.17) is 0 Å². The summed E-state index contributed by atoms with van der Waals surface area (Å²) in [5, 5.41) is 1.41. The summed E-state index contributed by atoms with van der Waals surface area (Å²) in [4.78, 5) is 21.6. The first kappa shape index (κ1) is 8.04. The fourth-order valence-electron chi connectivity index (χ4n) is 1.17. The maximum absolute atomic E-state index is 11.0. The highest BCUT2D eigenvalue weighted by Gasteiger charge is 2.27. The molecule has 1 atom stereocenters. The monoisotopic (exact) mass is 156 g/mol.